The van der Waals surface area contributed by atoms with Crippen LogP contribution in [0.15, 0.2) is 54.9 Å². The van der Waals surface area contributed by atoms with E-state index in [-0.39, 0.29) is 17.0 Å². The molecular formula is C16H10FN3O2. The molecule has 1 aromatic carbocycles. The minimum absolute atomic E-state index is 0.107. The summed E-state index contributed by atoms with van der Waals surface area (Å²) in [4.78, 5) is 23.4. The summed E-state index contributed by atoms with van der Waals surface area (Å²) >= 11 is 0. The molecule has 3 aromatic rings. The molecule has 0 fully saturated rings. The highest BCUT2D eigenvalue weighted by molar-refractivity contribution is 5.88. The van der Waals surface area contributed by atoms with Gasteiger partial charge in [0, 0.05) is 12.4 Å². The van der Waals surface area contributed by atoms with Gasteiger partial charge in [0.2, 0.25) is 0 Å². The van der Waals surface area contributed by atoms with Crippen molar-refractivity contribution in [3.8, 4) is 22.8 Å². The van der Waals surface area contributed by atoms with Crippen LogP contribution in [0.3, 0.4) is 0 Å². The van der Waals surface area contributed by atoms with Crippen molar-refractivity contribution in [2.45, 2.75) is 0 Å². The van der Waals surface area contributed by atoms with Crippen molar-refractivity contribution in [1.29, 1.82) is 0 Å². The molecule has 0 aliphatic carbocycles. The Morgan fingerprint density at radius 3 is 2.55 bits per heavy atom. The Balaban J connectivity index is 2.07. The molecule has 0 aliphatic rings. The number of carboxylic acid groups (broad SMARTS) is 1. The van der Waals surface area contributed by atoms with Gasteiger partial charge in [-0.2, -0.15) is 0 Å². The van der Waals surface area contributed by atoms with E-state index in [1.54, 1.807) is 24.3 Å². The van der Waals surface area contributed by atoms with Crippen molar-refractivity contribution in [2.75, 3.05) is 0 Å². The summed E-state index contributed by atoms with van der Waals surface area (Å²) in [5.74, 6) is -1.25. The average molecular weight is 295 g/mol. The first kappa shape index (κ1) is 13.8. The van der Waals surface area contributed by atoms with Gasteiger partial charge in [0.25, 0.3) is 0 Å². The Labute approximate surface area is 125 Å². The lowest BCUT2D eigenvalue weighted by molar-refractivity contribution is 0.0697. The second kappa shape index (κ2) is 5.69. The maximum Gasteiger partial charge on any atom is 0.335 e. The van der Waals surface area contributed by atoms with Gasteiger partial charge in [-0.1, -0.05) is 12.1 Å². The molecule has 108 valence electrons. The number of pyridine rings is 1. The molecular weight excluding hydrogens is 285 g/mol. The number of hydrogen-bond donors (Lipinski definition) is 1. The lowest BCUT2D eigenvalue weighted by atomic mass is 10.1. The lowest BCUT2D eigenvalue weighted by Crippen LogP contribution is -1.99. The van der Waals surface area contributed by atoms with Gasteiger partial charge in [-0.25, -0.2) is 19.2 Å². The smallest absolute Gasteiger partial charge is 0.335 e. The molecule has 0 aliphatic heterocycles. The quantitative estimate of drug-likeness (QED) is 0.803. The number of benzene rings is 1. The molecule has 2 heterocycles. The Kier molecular flexibility index (Phi) is 3.57. The maximum absolute atomic E-state index is 13.8. The first-order valence-electron chi connectivity index (χ1n) is 6.43. The molecule has 0 spiro atoms. The van der Waals surface area contributed by atoms with Crippen molar-refractivity contribution < 1.29 is 14.3 Å². The second-order valence-electron chi connectivity index (χ2n) is 4.48. The van der Waals surface area contributed by atoms with Crippen LogP contribution >= 0.6 is 0 Å². The van der Waals surface area contributed by atoms with Crippen LogP contribution in [-0.2, 0) is 0 Å². The van der Waals surface area contributed by atoms with E-state index in [4.69, 9.17) is 5.11 Å². The number of halogens is 1. The number of aromatic nitrogens is 3. The average Bonchev–Trinajstić information content (AvgIpc) is 2.55. The van der Waals surface area contributed by atoms with Gasteiger partial charge in [0.15, 0.2) is 5.82 Å². The van der Waals surface area contributed by atoms with Crippen LogP contribution in [0.1, 0.15) is 10.4 Å². The number of carboxylic acids is 1. The van der Waals surface area contributed by atoms with Crippen molar-refractivity contribution in [3.63, 3.8) is 0 Å². The summed E-state index contributed by atoms with van der Waals surface area (Å²) in [6, 6.07) is 10.6. The number of nitrogens with zero attached hydrogens (tertiary/aromatic N) is 3. The van der Waals surface area contributed by atoms with E-state index < -0.39 is 11.8 Å². The van der Waals surface area contributed by atoms with Gasteiger partial charge in [0.05, 0.1) is 22.5 Å². The fraction of sp³-hybridized carbons (Fsp3) is 0. The minimum atomic E-state index is -1.05. The fourth-order valence-electron chi connectivity index (χ4n) is 1.98. The van der Waals surface area contributed by atoms with Gasteiger partial charge in [-0.15, -0.1) is 0 Å². The van der Waals surface area contributed by atoms with E-state index >= 15 is 0 Å². The number of rotatable bonds is 3. The third kappa shape index (κ3) is 2.67. The number of hydrogen-bond acceptors (Lipinski definition) is 4. The molecule has 5 nitrogen and oxygen atoms in total. The third-order valence-electron chi connectivity index (χ3n) is 3.04. The fourth-order valence-corrected chi connectivity index (χ4v) is 1.98. The van der Waals surface area contributed by atoms with Gasteiger partial charge in [-0.3, -0.25) is 4.98 Å². The van der Waals surface area contributed by atoms with Crippen LogP contribution in [0, 0.1) is 5.82 Å². The maximum atomic E-state index is 13.8. The summed E-state index contributed by atoms with van der Waals surface area (Å²) in [6.07, 6.45) is 2.88. The van der Waals surface area contributed by atoms with Crippen LogP contribution in [0.2, 0.25) is 0 Å². The lowest BCUT2D eigenvalue weighted by Gasteiger charge is -2.05. The third-order valence-corrected chi connectivity index (χ3v) is 3.04. The topological polar surface area (TPSA) is 76.0 Å². The normalized spacial score (nSPS) is 10.4. The van der Waals surface area contributed by atoms with E-state index in [2.05, 4.69) is 15.0 Å². The number of aromatic carboxylic acids is 1. The Bertz CT molecular complexity index is 852. The molecule has 0 atom stereocenters. The van der Waals surface area contributed by atoms with Crippen LogP contribution in [0.5, 0.6) is 0 Å². The molecule has 0 unspecified atom stereocenters. The van der Waals surface area contributed by atoms with E-state index in [0.29, 0.717) is 11.4 Å². The summed E-state index contributed by atoms with van der Waals surface area (Å²) in [7, 11) is 0. The van der Waals surface area contributed by atoms with Crippen LogP contribution in [0.4, 0.5) is 4.39 Å². The molecule has 0 bridgehead atoms. The van der Waals surface area contributed by atoms with Crippen molar-refractivity contribution >= 4 is 5.97 Å². The monoisotopic (exact) mass is 295 g/mol. The zero-order chi connectivity index (χ0) is 15.5. The molecule has 1 N–H and O–H groups in total. The van der Waals surface area contributed by atoms with Gasteiger partial charge >= 0.3 is 5.97 Å². The highest BCUT2D eigenvalue weighted by Gasteiger charge is 2.11. The van der Waals surface area contributed by atoms with Crippen LogP contribution in [-0.4, -0.2) is 26.0 Å². The zero-order valence-electron chi connectivity index (χ0n) is 11.3. The number of carbonyl (C=O) groups is 1. The Morgan fingerprint density at radius 2 is 1.77 bits per heavy atom. The van der Waals surface area contributed by atoms with Crippen molar-refractivity contribution in [3.05, 3.63) is 66.2 Å². The summed E-state index contributed by atoms with van der Waals surface area (Å²) in [6.45, 7) is 0. The van der Waals surface area contributed by atoms with Crippen LogP contribution in [0.25, 0.3) is 22.8 Å². The predicted octanol–water partition coefficient (Wildman–Crippen LogP) is 3.04. The molecule has 22 heavy (non-hydrogen) atoms. The van der Waals surface area contributed by atoms with Crippen molar-refractivity contribution in [1.82, 2.24) is 15.0 Å². The molecule has 0 saturated heterocycles. The molecule has 0 amide bonds. The molecule has 0 saturated carbocycles. The molecule has 0 radical (unpaired) electrons. The first-order chi connectivity index (χ1) is 10.6. The Morgan fingerprint density at radius 1 is 1.00 bits per heavy atom. The highest BCUT2D eigenvalue weighted by atomic mass is 19.1. The standard InChI is InChI=1S/C16H10FN3O2/c17-12-4-2-1-3-11(12)15-19-8-6-13(20-15)14-9-10(16(21)22)5-7-18-14/h1-9H,(H,21,22). The largest absolute Gasteiger partial charge is 0.478 e. The highest BCUT2D eigenvalue weighted by Crippen LogP contribution is 2.22. The van der Waals surface area contributed by atoms with Crippen LogP contribution < -0.4 is 0 Å². The minimum Gasteiger partial charge on any atom is -0.478 e. The SMILES string of the molecule is O=C(O)c1ccnc(-c2ccnc(-c3ccccc3F)n2)c1. The predicted molar refractivity (Wildman–Crippen MR) is 77.6 cm³/mol. The van der Waals surface area contributed by atoms with E-state index in [1.807, 2.05) is 0 Å². The van der Waals surface area contributed by atoms with E-state index in [0.717, 1.165) is 0 Å². The van der Waals surface area contributed by atoms with Gasteiger partial charge in [0.1, 0.15) is 5.82 Å². The molecule has 6 heteroatoms. The molecule has 2 aromatic heterocycles. The summed E-state index contributed by atoms with van der Waals surface area (Å²) in [5.41, 5.74) is 1.20. The van der Waals surface area contributed by atoms with E-state index in [1.165, 1.54) is 30.6 Å². The zero-order valence-corrected chi connectivity index (χ0v) is 11.3. The van der Waals surface area contributed by atoms with Gasteiger partial charge < -0.3 is 5.11 Å². The Hall–Kier alpha value is -3.15. The van der Waals surface area contributed by atoms with E-state index in [9.17, 15) is 9.18 Å². The second-order valence-corrected chi connectivity index (χ2v) is 4.48. The first-order valence-corrected chi connectivity index (χ1v) is 6.43. The summed E-state index contributed by atoms with van der Waals surface area (Å²) < 4.78 is 13.8. The van der Waals surface area contributed by atoms with Crippen molar-refractivity contribution in [2.24, 2.45) is 0 Å². The molecule has 3 rings (SSSR count). The summed E-state index contributed by atoms with van der Waals surface area (Å²) in [5, 5.41) is 9.02. The van der Waals surface area contributed by atoms with Gasteiger partial charge in [-0.05, 0) is 30.3 Å².